The van der Waals surface area contributed by atoms with Crippen molar-refractivity contribution in [1.29, 1.82) is 5.26 Å². The number of para-hydroxylation sites is 1. The van der Waals surface area contributed by atoms with Gasteiger partial charge < -0.3 is 20.4 Å². The lowest BCUT2D eigenvalue weighted by atomic mass is 9.85. The Labute approximate surface area is 224 Å². The molecule has 2 amide bonds. The van der Waals surface area contributed by atoms with Gasteiger partial charge in [-0.1, -0.05) is 41.6 Å². The normalized spacial score (nSPS) is 15.2. The topological polar surface area (TPSA) is 107 Å². The van der Waals surface area contributed by atoms with Crippen molar-refractivity contribution in [2.75, 3.05) is 16.4 Å². The predicted molar refractivity (Wildman–Crippen MR) is 147 cm³/mol. The van der Waals surface area contributed by atoms with Gasteiger partial charge in [-0.25, -0.2) is 0 Å². The Morgan fingerprint density at radius 1 is 1.05 bits per heavy atom. The summed E-state index contributed by atoms with van der Waals surface area (Å²) in [7, 11) is 0. The number of thioether (sulfide) groups is 1. The number of allylic oxidation sites excluding steroid dienone is 2. The van der Waals surface area contributed by atoms with Crippen LogP contribution in [0.4, 0.5) is 11.4 Å². The van der Waals surface area contributed by atoms with Crippen LogP contribution in [0.5, 0.6) is 0 Å². The number of rotatable bonds is 7. The highest BCUT2D eigenvalue weighted by molar-refractivity contribution is 8.03. The summed E-state index contributed by atoms with van der Waals surface area (Å²) < 4.78 is 5.67. The second kappa shape index (κ2) is 11.4. The molecule has 0 radical (unpaired) electrons. The Morgan fingerprint density at radius 2 is 1.76 bits per heavy atom. The van der Waals surface area contributed by atoms with Gasteiger partial charge >= 0.3 is 0 Å². The molecule has 1 aliphatic rings. The lowest BCUT2D eigenvalue weighted by molar-refractivity contribution is -0.114. The first-order chi connectivity index (χ1) is 17.8. The Bertz CT molecular complexity index is 1420. The van der Waals surface area contributed by atoms with Gasteiger partial charge in [0.15, 0.2) is 0 Å². The van der Waals surface area contributed by atoms with Crippen LogP contribution in [0.3, 0.4) is 0 Å². The van der Waals surface area contributed by atoms with Gasteiger partial charge in [0.1, 0.15) is 5.76 Å². The van der Waals surface area contributed by atoms with E-state index in [1.54, 1.807) is 43.3 Å². The number of nitrogens with zero attached hydrogens (tertiary/aromatic N) is 1. The maximum absolute atomic E-state index is 13.6. The van der Waals surface area contributed by atoms with Crippen LogP contribution < -0.4 is 16.0 Å². The summed E-state index contributed by atoms with van der Waals surface area (Å²) in [6.45, 7) is 5.63. The summed E-state index contributed by atoms with van der Waals surface area (Å²) in [6, 6.07) is 18.3. The van der Waals surface area contributed by atoms with Gasteiger partial charge in [-0.05, 0) is 68.3 Å². The average Bonchev–Trinajstić information content (AvgIpc) is 3.40. The molecule has 0 spiro atoms. The van der Waals surface area contributed by atoms with E-state index in [2.05, 4.69) is 22.0 Å². The van der Waals surface area contributed by atoms with E-state index >= 15 is 0 Å². The second-order valence-electron chi connectivity index (χ2n) is 8.53. The van der Waals surface area contributed by atoms with Gasteiger partial charge in [-0.15, -0.1) is 0 Å². The third kappa shape index (κ3) is 5.91. The number of nitriles is 1. The number of hydrogen-bond donors (Lipinski definition) is 3. The number of halogens is 1. The molecule has 0 saturated heterocycles. The van der Waals surface area contributed by atoms with Crippen LogP contribution in [0, 0.1) is 25.2 Å². The number of nitrogens with one attached hydrogen (secondary N) is 3. The molecule has 3 N–H and O–H groups in total. The van der Waals surface area contributed by atoms with Crippen molar-refractivity contribution in [3.63, 3.8) is 0 Å². The highest BCUT2D eigenvalue weighted by Crippen LogP contribution is 2.41. The zero-order valence-corrected chi connectivity index (χ0v) is 22.1. The minimum absolute atomic E-state index is 0.0538. The van der Waals surface area contributed by atoms with Gasteiger partial charge in [0.2, 0.25) is 5.91 Å². The maximum atomic E-state index is 13.6. The monoisotopic (exact) mass is 532 g/mol. The summed E-state index contributed by atoms with van der Waals surface area (Å²) in [6.07, 6.45) is 1.51. The zero-order valence-electron chi connectivity index (χ0n) is 20.5. The number of anilines is 2. The molecular formula is C28H25ClN4O3S. The summed E-state index contributed by atoms with van der Waals surface area (Å²) in [5, 5.41) is 20.2. The van der Waals surface area contributed by atoms with Gasteiger partial charge in [0, 0.05) is 22.1 Å². The molecule has 7 nitrogen and oxygen atoms in total. The molecule has 0 saturated carbocycles. The number of amides is 2. The van der Waals surface area contributed by atoms with Crippen molar-refractivity contribution < 1.29 is 14.0 Å². The quantitative estimate of drug-likeness (QED) is 0.331. The van der Waals surface area contributed by atoms with Gasteiger partial charge in [0.05, 0.1) is 40.2 Å². The summed E-state index contributed by atoms with van der Waals surface area (Å²) in [5.41, 5.74) is 4.47. The maximum Gasteiger partial charge on any atom is 0.254 e. The number of furan rings is 1. The van der Waals surface area contributed by atoms with Crippen LogP contribution in [-0.4, -0.2) is 17.6 Å². The van der Waals surface area contributed by atoms with Crippen molar-refractivity contribution in [3.05, 3.63) is 105 Å². The number of aryl methyl sites for hydroxylation is 2. The minimum atomic E-state index is -0.729. The fourth-order valence-corrected chi connectivity index (χ4v) is 5.15. The van der Waals surface area contributed by atoms with Crippen LogP contribution in [0.25, 0.3) is 0 Å². The van der Waals surface area contributed by atoms with E-state index in [-0.39, 0.29) is 17.6 Å². The summed E-state index contributed by atoms with van der Waals surface area (Å²) >= 11 is 7.09. The number of carbonyl (C=O) groups excluding carboxylic acids is 2. The third-order valence-electron chi connectivity index (χ3n) is 5.92. The lowest BCUT2D eigenvalue weighted by Gasteiger charge is -2.28. The van der Waals surface area contributed by atoms with Crippen molar-refractivity contribution in [3.8, 4) is 6.07 Å². The van der Waals surface area contributed by atoms with Gasteiger partial charge in [-0.2, -0.15) is 5.26 Å². The zero-order chi connectivity index (χ0) is 26.5. The standard InChI is InChI=1S/C28H25ClN4O3S/c1-16-6-4-7-17(2)26(16)33-27(35)24-18(3)31-28(21(14-30)25(24)22-8-5-13-36-22)37-15-23(34)32-20-11-9-19(29)10-12-20/h4-13,25,31H,15H2,1-3H3,(H,32,34)(H,33,35)/t25-/m1/s1. The van der Waals surface area contributed by atoms with Crippen molar-refractivity contribution in [1.82, 2.24) is 5.32 Å². The van der Waals surface area contributed by atoms with E-state index < -0.39 is 5.92 Å². The molecule has 4 rings (SSSR count). The summed E-state index contributed by atoms with van der Waals surface area (Å²) in [5.74, 6) is -0.784. The molecule has 2 heterocycles. The van der Waals surface area contributed by atoms with Crippen LogP contribution in [-0.2, 0) is 9.59 Å². The average molecular weight is 533 g/mol. The SMILES string of the molecule is CC1=C(C(=O)Nc2c(C)cccc2C)[C@@H](c2ccco2)C(C#N)=C(SCC(=O)Nc2ccc(Cl)cc2)N1. The van der Waals surface area contributed by atoms with Crippen LogP contribution in [0.15, 0.2) is 87.1 Å². The molecule has 0 bridgehead atoms. The predicted octanol–water partition coefficient (Wildman–Crippen LogP) is 6.26. The molecule has 37 heavy (non-hydrogen) atoms. The molecule has 3 aromatic rings. The van der Waals surface area contributed by atoms with Crippen LogP contribution >= 0.6 is 23.4 Å². The van der Waals surface area contributed by atoms with E-state index in [1.807, 2.05) is 32.0 Å². The molecule has 2 aromatic carbocycles. The number of benzene rings is 2. The van der Waals surface area contributed by atoms with Crippen molar-refractivity contribution in [2.24, 2.45) is 0 Å². The fraction of sp³-hybridized carbons (Fsp3) is 0.179. The van der Waals surface area contributed by atoms with E-state index in [9.17, 15) is 14.9 Å². The van der Waals surface area contributed by atoms with E-state index in [4.69, 9.17) is 16.0 Å². The van der Waals surface area contributed by atoms with Crippen LogP contribution in [0.1, 0.15) is 29.7 Å². The Morgan fingerprint density at radius 3 is 2.38 bits per heavy atom. The molecule has 1 aromatic heterocycles. The Kier molecular flexibility index (Phi) is 8.07. The molecule has 1 atom stereocenters. The van der Waals surface area contributed by atoms with Gasteiger partial charge in [0.25, 0.3) is 5.91 Å². The Balaban J connectivity index is 1.60. The first-order valence-corrected chi connectivity index (χ1v) is 12.9. The Hall–Kier alpha value is -3.93. The lowest BCUT2D eigenvalue weighted by Crippen LogP contribution is -2.31. The highest BCUT2D eigenvalue weighted by atomic mass is 35.5. The molecule has 1 aliphatic heterocycles. The molecule has 9 heteroatoms. The van der Waals surface area contributed by atoms with Gasteiger partial charge in [-0.3, -0.25) is 9.59 Å². The van der Waals surface area contributed by atoms with E-state index in [1.165, 1.54) is 18.0 Å². The number of dihydropyridines is 1. The molecule has 0 fully saturated rings. The molecular weight excluding hydrogens is 508 g/mol. The molecule has 188 valence electrons. The van der Waals surface area contributed by atoms with E-state index in [0.29, 0.717) is 38.3 Å². The molecule has 0 aliphatic carbocycles. The minimum Gasteiger partial charge on any atom is -0.468 e. The van der Waals surface area contributed by atoms with E-state index in [0.717, 1.165) is 16.8 Å². The first-order valence-electron chi connectivity index (χ1n) is 11.5. The highest BCUT2D eigenvalue weighted by Gasteiger charge is 2.36. The van der Waals surface area contributed by atoms with Crippen LogP contribution in [0.2, 0.25) is 5.02 Å². The number of hydrogen-bond acceptors (Lipinski definition) is 6. The first kappa shape index (κ1) is 26.1. The van der Waals surface area contributed by atoms with Crippen molar-refractivity contribution >= 4 is 46.6 Å². The second-order valence-corrected chi connectivity index (χ2v) is 9.95. The van der Waals surface area contributed by atoms with Crippen molar-refractivity contribution in [2.45, 2.75) is 26.7 Å². The smallest absolute Gasteiger partial charge is 0.254 e. The number of carbonyl (C=O) groups is 2. The molecule has 0 unspecified atom stereocenters. The largest absolute Gasteiger partial charge is 0.468 e. The summed E-state index contributed by atoms with van der Waals surface area (Å²) in [4.78, 5) is 26.2. The fourth-order valence-electron chi connectivity index (χ4n) is 4.13. The third-order valence-corrected chi connectivity index (χ3v) is 7.18.